The molecule has 3 aromatic carbocycles. The highest BCUT2D eigenvalue weighted by Gasteiger charge is 2.46. The van der Waals surface area contributed by atoms with Gasteiger partial charge >= 0.3 is 0 Å². The van der Waals surface area contributed by atoms with Crippen molar-refractivity contribution in [2.24, 2.45) is 5.92 Å². The number of sulfonamides is 1. The van der Waals surface area contributed by atoms with Crippen LogP contribution in [-0.2, 0) is 16.4 Å². The molecule has 2 aliphatic rings. The zero-order valence-corrected chi connectivity index (χ0v) is 17.9. The lowest BCUT2D eigenvalue weighted by Crippen LogP contribution is -2.36. The van der Waals surface area contributed by atoms with Gasteiger partial charge in [0.05, 0.1) is 17.5 Å². The van der Waals surface area contributed by atoms with Gasteiger partial charge in [-0.15, -0.1) is 0 Å². The van der Waals surface area contributed by atoms with Crippen molar-refractivity contribution >= 4 is 10.0 Å². The van der Waals surface area contributed by atoms with E-state index in [0.29, 0.717) is 11.5 Å². The molecule has 0 saturated heterocycles. The Balaban J connectivity index is 1.57. The Bertz CT molecular complexity index is 1200. The summed E-state index contributed by atoms with van der Waals surface area (Å²) in [6, 6.07) is 21.2. The van der Waals surface area contributed by atoms with E-state index in [1.54, 1.807) is 12.1 Å². The van der Waals surface area contributed by atoms with Gasteiger partial charge in [0.2, 0.25) is 10.0 Å². The number of fused-ring (bicyclic) bond motifs is 5. The Morgan fingerprint density at radius 1 is 0.967 bits per heavy atom. The van der Waals surface area contributed by atoms with Crippen LogP contribution in [0.5, 0.6) is 5.75 Å². The van der Waals surface area contributed by atoms with Gasteiger partial charge in [-0.25, -0.2) is 13.1 Å². The minimum absolute atomic E-state index is 0.0160. The van der Waals surface area contributed by atoms with E-state index in [0.717, 1.165) is 28.9 Å². The molecule has 5 heteroatoms. The molecule has 1 heterocycles. The molecule has 0 bridgehead atoms. The molecule has 0 saturated carbocycles. The van der Waals surface area contributed by atoms with E-state index in [1.165, 1.54) is 11.1 Å². The Morgan fingerprint density at radius 3 is 2.43 bits per heavy atom. The fourth-order valence-electron chi connectivity index (χ4n) is 4.80. The molecular weight excluding hydrogens is 394 g/mol. The fourth-order valence-corrected chi connectivity index (χ4v) is 6.07. The van der Waals surface area contributed by atoms with Crippen molar-refractivity contribution in [3.8, 4) is 5.75 Å². The Labute approximate surface area is 178 Å². The van der Waals surface area contributed by atoms with Crippen LogP contribution >= 0.6 is 0 Å². The van der Waals surface area contributed by atoms with Crippen LogP contribution in [0, 0.1) is 12.8 Å². The summed E-state index contributed by atoms with van der Waals surface area (Å²) < 4.78 is 35.5. The smallest absolute Gasteiger partial charge is 0.241 e. The maximum Gasteiger partial charge on any atom is 0.241 e. The highest BCUT2D eigenvalue weighted by Crippen LogP contribution is 2.53. The van der Waals surface area contributed by atoms with E-state index in [4.69, 9.17) is 4.74 Å². The molecule has 1 aliphatic heterocycles. The summed E-state index contributed by atoms with van der Waals surface area (Å²) in [5.41, 5.74) is 5.69. The molecule has 5 rings (SSSR count). The van der Waals surface area contributed by atoms with Crippen molar-refractivity contribution in [3.05, 3.63) is 94.5 Å². The van der Waals surface area contributed by atoms with Gasteiger partial charge in [-0.2, -0.15) is 0 Å². The first-order chi connectivity index (χ1) is 14.5. The molecule has 154 valence electrons. The Hall–Kier alpha value is -2.63. The van der Waals surface area contributed by atoms with Gasteiger partial charge in [0.15, 0.2) is 0 Å². The van der Waals surface area contributed by atoms with Crippen LogP contribution in [0.2, 0.25) is 0 Å². The maximum atomic E-state index is 13.2. The first-order valence-corrected chi connectivity index (χ1v) is 11.9. The lowest BCUT2D eigenvalue weighted by molar-refractivity contribution is 0.190. The number of hydrogen-bond donors (Lipinski definition) is 1. The highest BCUT2D eigenvalue weighted by molar-refractivity contribution is 7.89. The number of hydrogen-bond acceptors (Lipinski definition) is 3. The van der Waals surface area contributed by atoms with Crippen LogP contribution in [0.25, 0.3) is 0 Å². The molecule has 3 atom stereocenters. The third-order valence-electron chi connectivity index (χ3n) is 6.38. The lowest BCUT2D eigenvalue weighted by Gasteiger charge is -2.32. The molecular formula is C25H25NO3S. The highest BCUT2D eigenvalue weighted by atomic mass is 32.2. The van der Waals surface area contributed by atoms with Crippen LogP contribution in [0.4, 0.5) is 0 Å². The predicted octanol–water partition coefficient (Wildman–Crippen LogP) is 4.73. The second-order valence-corrected chi connectivity index (χ2v) is 9.93. The summed E-state index contributed by atoms with van der Waals surface area (Å²) in [6.45, 7) is 4.58. The summed E-state index contributed by atoms with van der Waals surface area (Å²) in [6.07, 6.45) is 0.954. The summed E-state index contributed by atoms with van der Waals surface area (Å²) in [5.74, 6) is 1.05. The van der Waals surface area contributed by atoms with Gasteiger partial charge in [0, 0.05) is 17.4 Å². The zero-order valence-electron chi connectivity index (χ0n) is 17.1. The quantitative estimate of drug-likeness (QED) is 0.665. The molecule has 0 fully saturated rings. The summed E-state index contributed by atoms with van der Waals surface area (Å²) in [7, 11) is -3.65. The number of benzene rings is 3. The average Bonchev–Trinajstić information content (AvgIpc) is 3.07. The molecule has 30 heavy (non-hydrogen) atoms. The van der Waals surface area contributed by atoms with Gasteiger partial charge in [-0.1, -0.05) is 61.0 Å². The third kappa shape index (κ3) is 3.13. The molecule has 3 aromatic rings. The molecule has 1 N–H and O–H groups in total. The Morgan fingerprint density at radius 2 is 1.70 bits per heavy atom. The van der Waals surface area contributed by atoms with Crippen molar-refractivity contribution in [2.45, 2.75) is 37.1 Å². The van der Waals surface area contributed by atoms with Crippen LogP contribution in [0.1, 0.15) is 46.7 Å². The van der Waals surface area contributed by atoms with E-state index < -0.39 is 10.0 Å². The second kappa shape index (κ2) is 7.25. The molecule has 1 aliphatic carbocycles. The van der Waals surface area contributed by atoms with E-state index in [2.05, 4.69) is 35.9 Å². The Kier molecular flexibility index (Phi) is 4.68. The first-order valence-electron chi connectivity index (χ1n) is 10.4. The molecule has 0 radical (unpaired) electrons. The van der Waals surface area contributed by atoms with Gasteiger partial charge in [-0.3, -0.25) is 0 Å². The third-order valence-corrected chi connectivity index (χ3v) is 7.84. The molecule has 0 unspecified atom stereocenters. The SMILES string of the molecule is CCc1ccc2c(c1)[C@@H]1c3ccccc3[C@@H](NS(=O)(=O)c3ccc(C)cc3)[C@@H]1CO2. The first kappa shape index (κ1) is 19.3. The summed E-state index contributed by atoms with van der Waals surface area (Å²) in [5, 5.41) is 0. The second-order valence-electron chi connectivity index (χ2n) is 8.22. The zero-order chi connectivity index (χ0) is 20.9. The standard InChI is InChI=1S/C25H25NO3S/c1-3-17-10-13-23-21(14-17)24-19-6-4-5-7-20(19)25(22(24)15-29-23)26-30(27,28)18-11-8-16(2)9-12-18/h4-14,22,24-26H,3,15H2,1-2H3/t22-,24+,25-/m1/s1. The normalized spacial score (nSPS) is 22.0. The van der Waals surface area contributed by atoms with E-state index in [-0.39, 0.29) is 17.9 Å². The fraction of sp³-hybridized carbons (Fsp3) is 0.280. The lowest BCUT2D eigenvalue weighted by atomic mass is 9.82. The van der Waals surface area contributed by atoms with Crippen molar-refractivity contribution in [2.75, 3.05) is 6.61 Å². The topological polar surface area (TPSA) is 55.4 Å². The number of rotatable bonds is 4. The van der Waals surface area contributed by atoms with Crippen LogP contribution in [-0.4, -0.2) is 15.0 Å². The molecule has 0 amide bonds. The predicted molar refractivity (Wildman–Crippen MR) is 117 cm³/mol. The van der Waals surface area contributed by atoms with Crippen molar-refractivity contribution in [1.82, 2.24) is 4.72 Å². The average molecular weight is 420 g/mol. The maximum absolute atomic E-state index is 13.2. The molecule has 0 aromatic heterocycles. The minimum Gasteiger partial charge on any atom is -0.493 e. The van der Waals surface area contributed by atoms with Gasteiger partial charge in [0.1, 0.15) is 5.75 Å². The van der Waals surface area contributed by atoms with Crippen LogP contribution in [0.15, 0.2) is 71.6 Å². The number of ether oxygens (including phenoxy) is 1. The summed E-state index contributed by atoms with van der Waals surface area (Å²) >= 11 is 0. The van der Waals surface area contributed by atoms with Crippen molar-refractivity contribution in [3.63, 3.8) is 0 Å². The van der Waals surface area contributed by atoms with E-state index in [1.807, 2.05) is 37.3 Å². The number of nitrogens with one attached hydrogen (secondary N) is 1. The van der Waals surface area contributed by atoms with E-state index in [9.17, 15) is 8.42 Å². The monoisotopic (exact) mass is 419 g/mol. The number of aryl methyl sites for hydroxylation is 2. The molecule has 0 spiro atoms. The van der Waals surface area contributed by atoms with Crippen LogP contribution < -0.4 is 9.46 Å². The minimum atomic E-state index is -3.65. The van der Waals surface area contributed by atoms with Gasteiger partial charge in [0.25, 0.3) is 0 Å². The largest absolute Gasteiger partial charge is 0.493 e. The van der Waals surface area contributed by atoms with Crippen LogP contribution in [0.3, 0.4) is 0 Å². The van der Waals surface area contributed by atoms with Crippen molar-refractivity contribution in [1.29, 1.82) is 0 Å². The summed E-state index contributed by atoms with van der Waals surface area (Å²) in [4.78, 5) is 0.291. The van der Waals surface area contributed by atoms with Crippen molar-refractivity contribution < 1.29 is 13.2 Å². The van der Waals surface area contributed by atoms with Gasteiger partial charge < -0.3 is 4.74 Å². The van der Waals surface area contributed by atoms with E-state index >= 15 is 0 Å². The van der Waals surface area contributed by atoms with Gasteiger partial charge in [-0.05, 0) is 48.2 Å². The molecule has 4 nitrogen and oxygen atoms in total.